The number of carboxylic acid groups (broad SMARTS) is 1. The maximum atomic E-state index is 9.95. The highest BCUT2D eigenvalue weighted by atomic mass is 16.6. The normalized spacial score (nSPS) is 9.20. The van der Waals surface area contributed by atoms with Crippen molar-refractivity contribution >= 4 is 11.9 Å². The molecule has 6 heteroatoms. The Bertz CT molecular complexity index is 119. The summed E-state index contributed by atoms with van der Waals surface area (Å²) >= 11 is 0. The first-order chi connectivity index (χ1) is 4.63. The van der Waals surface area contributed by atoms with Crippen LogP contribution in [0.4, 0.5) is 0 Å². The number of hydroxylamine groups is 1. The number of carbonyl (C=O) groups excluding carboxylic acids is 1. The van der Waals surface area contributed by atoms with Crippen LogP contribution in [0.1, 0.15) is 0 Å². The van der Waals surface area contributed by atoms with Crippen molar-refractivity contribution in [3.05, 3.63) is 0 Å². The lowest BCUT2D eigenvalue weighted by atomic mass is 10.7. The van der Waals surface area contributed by atoms with Gasteiger partial charge in [0.25, 0.3) is 0 Å². The number of rotatable bonds is 5. The van der Waals surface area contributed by atoms with E-state index < -0.39 is 11.9 Å². The van der Waals surface area contributed by atoms with Gasteiger partial charge in [0.15, 0.2) is 0 Å². The molecule has 0 bridgehead atoms. The van der Waals surface area contributed by atoms with Gasteiger partial charge in [-0.25, -0.2) is 0 Å². The maximum Gasteiger partial charge on any atom is 0.319 e. The van der Waals surface area contributed by atoms with E-state index in [1.807, 2.05) is 5.48 Å². The summed E-state index contributed by atoms with van der Waals surface area (Å²) in [7, 11) is 0. The molecule has 0 aromatic carbocycles. The van der Waals surface area contributed by atoms with Crippen LogP contribution in [-0.2, 0) is 14.4 Å². The van der Waals surface area contributed by atoms with Crippen molar-refractivity contribution in [1.82, 2.24) is 5.48 Å². The minimum Gasteiger partial charge on any atom is -0.480 e. The average molecular weight is 148 g/mol. The fourth-order valence-corrected chi connectivity index (χ4v) is 0.235. The third kappa shape index (κ3) is 6.86. The van der Waals surface area contributed by atoms with Crippen LogP contribution in [0.3, 0.4) is 0 Å². The largest absolute Gasteiger partial charge is 0.480 e. The van der Waals surface area contributed by atoms with E-state index >= 15 is 0 Å². The molecule has 0 unspecified atom stereocenters. The molecule has 0 saturated heterocycles. The zero-order valence-corrected chi connectivity index (χ0v) is 5.16. The molecule has 0 rings (SSSR count). The first-order valence-corrected chi connectivity index (χ1v) is 2.47. The molecular weight excluding hydrogens is 140 g/mol. The van der Waals surface area contributed by atoms with E-state index in [0.29, 0.717) is 0 Å². The van der Waals surface area contributed by atoms with E-state index in [9.17, 15) is 9.59 Å². The number of aliphatic carboxylic acids is 1. The number of carboxylic acids is 1. The van der Waals surface area contributed by atoms with E-state index in [1.165, 1.54) is 0 Å². The first kappa shape index (κ1) is 8.86. The van der Waals surface area contributed by atoms with Crippen LogP contribution >= 0.6 is 0 Å². The van der Waals surface area contributed by atoms with Crippen molar-refractivity contribution in [2.24, 2.45) is 5.73 Å². The van der Waals surface area contributed by atoms with Crippen molar-refractivity contribution in [2.75, 3.05) is 13.2 Å². The third-order valence-corrected chi connectivity index (χ3v) is 0.540. The molecule has 0 aromatic rings. The van der Waals surface area contributed by atoms with Crippen LogP contribution < -0.4 is 11.2 Å². The molecule has 0 atom stereocenters. The predicted molar refractivity (Wildman–Crippen MR) is 30.8 cm³/mol. The Morgan fingerprint density at radius 3 is 2.60 bits per heavy atom. The fourth-order valence-electron chi connectivity index (χ4n) is 0.235. The first-order valence-electron chi connectivity index (χ1n) is 2.47. The van der Waals surface area contributed by atoms with Crippen molar-refractivity contribution in [3.8, 4) is 0 Å². The summed E-state index contributed by atoms with van der Waals surface area (Å²) in [5.74, 6) is -1.72. The molecular formula is C4H8N2O4. The second kappa shape index (κ2) is 4.71. The van der Waals surface area contributed by atoms with E-state index in [1.54, 1.807) is 0 Å². The summed E-state index contributed by atoms with van der Waals surface area (Å²) in [4.78, 5) is 24.0. The quantitative estimate of drug-likeness (QED) is 0.311. The summed E-state index contributed by atoms with van der Waals surface area (Å²) in [6, 6.07) is 0. The molecule has 0 aliphatic heterocycles. The van der Waals surface area contributed by atoms with Crippen LogP contribution in [0.5, 0.6) is 0 Å². The SMILES string of the molecule is NC(=O)CONCC(=O)O. The Balaban J connectivity index is 3.06. The van der Waals surface area contributed by atoms with Gasteiger partial charge in [0.1, 0.15) is 13.2 Å². The van der Waals surface area contributed by atoms with Crippen LogP contribution in [0, 0.1) is 0 Å². The lowest BCUT2D eigenvalue weighted by Crippen LogP contribution is -2.28. The van der Waals surface area contributed by atoms with E-state index in [4.69, 9.17) is 5.11 Å². The molecule has 6 nitrogen and oxygen atoms in total. The van der Waals surface area contributed by atoms with E-state index in [0.717, 1.165) is 0 Å². The Labute approximate surface area is 56.9 Å². The average Bonchev–Trinajstić information content (AvgIpc) is 1.79. The van der Waals surface area contributed by atoms with Crippen LogP contribution in [0.25, 0.3) is 0 Å². The van der Waals surface area contributed by atoms with Crippen molar-refractivity contribution in [1.29, 1.82) is 0 Å². The van der Waals surface area contributed by atoms with Gasteiger partial charge in [-0.3, -0.25) is 14.4 Å². The molecule has 0 aliphatic rings. The van der Waals surface area contributed by atoms with Crippen LogP contribution in [-0.4, -0.2) is 30.1 Å². The molecule has 0 heterocycles. The van der Waals surface area contributed by atoms with Gasteiger partial charge < -0.3 is 10.8 Å². The molecule has 0 spiro atoms. The second-order valence-corrected chi connectivity index (χ2v) is 1.47. The number of nitrogens with one attached hydrogen (secondary N) is 1. The zero-order valence-electron chi connectivity index (χ0n) is 5.16. The number of primary amides is 1. The highest BCUT2D eigenvalue weighted by Crippen LogP contribution is 1.65. The summed E-state index contributed by atoms with van der Waals surface area (Å²) in [6.45, 7) is -0.680. The molecule has 10 heavy (non-hydrogen) atoms. The van der Waals surface area contributed by atoms with Crippen molar-refractivity contribution < 1.29 is 19.5 Å². The fraction of sp³-hybridized carbons (Fsp3) is 0.500. The Kier molecular flexibility index (Phi) is 4.17. The van der Waals surface area contributed by atoms with Crippen molar-refractivity contribution in [2.45, 2.75) is 0 Å². The Morgan fingerprint density at radius 1 is 1.60 bits per heavy atom. The zero-order chi connectivity index (χ0) is 7.98. The monoisotopic (exact) mass is 148 g/mol. The number of hydrogen-bond acceptors (Lipinski definition) is 4. The molecule has 58 valence electrons. The second-order valence-electron chi connectivity index (χ2n) is 1.47. The highest BCUT2D eigenvalue weighted by molar-refractivity contribution is 5.75. The van der Waals surface area contributed by atoms with Gasteiger partial charge in [0.2, 0.25) is 5.91 Å². The highest BCUT2D eigenvalue weighted by Gasteiger charge is 1.96. The summed E-state index contributed by atoms with van der Waals surface area (Å²) in [5, 5.41) is 8.02. The van der Waals surface area contributed by atoms with Gasteiger partial charge in [0, 0.05) is 0 Å². The smallest absolute Gasteiger partial charge is 0.319 e. The number of hydrogen-bond donors (Lipinski definition) is 3. The van der Waals surface area contributed by atoms with Gasteiger partial charge in [-0.15, -0.1) is 0 Å². The number of amides is 1. The van der Waals surface area contributed by atoms with Gasteiger partial charge in [-0.2, -0.15) is 5.48 Å². The Morgan fingerprint density at radius 2 is 2.20 bits per heavy atom. The lowest BCUT2D eigenvalue weighted by Gasteiger charge is -1.98. The maximum absolute atomic E-state index is 9.95. The van der Waals surface area contributed by atoms with Gasteiger partial charge in [0.05, 0.1) is 0 Å². The molecule has 0 aliphatic carbocycles. The molecule has 0 radical (unpaired) electrons. The minimum atomic E-state index is -1.07. The predicted octanol–water partition coefficient (Wildman–Crippen LogP) is -1.92. The van der Waals surface area contributed by atoms with E-state index in [2.05, 4.69) is 10.6 Å². The molecule has 0 fully saturated rings. The van der Waals surface area contributed by atoms with Crippen LogP contribution in [0.2, 0.25) is 0 Å². The standard InChI is InChI=1S/C4H8N2O4/c5-3(7)2-10-6-1-4(8)9/h6H,1-2H2,(H2,5,7)(H,8,9). The van der Waals surface area contributed by atoms with Gasteiger partial charge in [-0.1, -0.05) is 0 Å². The lowest BCUT2D eigenvalue weighted by molar-refractivity contribution is -0.140. The molecule has 1 amide bonds. The van der Waals surface area contributed by atoms with Crippen LogP contribution in [0.15, 0.2) is 0 Å². The summed E-state index contributed by atoms with van der Waals surface area (Å²) in [6.07, 6.45) is 0. The Hall–Kier alpha value is -1.14. The molecule has 0 aromatic heterocycles. The summed E-state index contributed by atoms with van der Waals surface area (Å²) < 4.78 is 0. The number of nitrogens with two attached hydrogens (primary N) is 1. The summed E-state index contributed by atoms with van der Waals surface area (Å²) in [5.41, 5.74) is 6.67. The van der Waals surface area contributed by atoms with E-state index in [-0.39, 0.29) is 13.2 Å². The minimum absolute atomic E-state index is 0.326. The topological polar surface area (TPSA) is 102 Å². The van der Waals surface area contributed by atoms with Crippen molar-refractivity contribution in [3.63, 3.8) is 0 Å². The third-order valence-electron chi connectivity index (χ3n) is 0.540. The molecule has 4 N–H and O–H groups in total. The van der Waals surface area contributed by atoms with Gasteiger partial charge in [-0.05, 0) is 0 Å². The number of carbonyl (C=O) groups is 2. The van der Waals surface area contributed by atoms with Gasteiger partial charge >= 0.3 is 5.97 Å². The molecule has 0 saturated carbocycles.